The maximum absolute atomic E-state index is 2.48. The first kappa shape index (κ1) is 28.8. The highest BCUT2D eigenvalue weighted by Crippen LogP contribution is 2.57. The van der Waals surface area contributed by atoms with Crippen LogP contribution in [0.2, 0.25) is 0 Å². The van der Waals surface area contributed by atoms with E-state index in [0.717, 1.165) is 0 Å². The van der Waals surface area contributed by atoms with Gasteiger partial charge < -0.3 is 4.90 Å². The van der Waals surface area contributed by atoms with E-state index in [-0.39, 0.29) is 5.41 Å². The monoisotopic (exact) mass is 617 g/mol. The van der Waals surface area contributed by atoms with Crippen LogP contribution < -0.4 is 4.90 Å². The summed E-state index contributed by atoms with van der Waals surface area (Å²) in [5, 5.41) is 10.7. The summed E-state index contributed by atoms with van der Waals surface area (Å²) in [6.45, 7) is 13.7. The zero-order valence-electron chi connectivity index (χ0n) is 28.6. The molecule has 0 aromatic heterocycles. The summed E-state index contributed by atoms with van der Waals surface area (Å²) < 4.78 is 0. The van der Waals surface area contributed by atoms with Gasteiger partial charge in [-0.25, -0.2) is 0 Å². The van der Waals surface area contributed by atoms with Crippen LogP contribution in [0, 0.1) is 27.7 Å². The van der Waals surface area contributed by atoms with Crippen LogP contribution in [0.5, 0.6) is 0 Å². The van der Waals surface area contributed by atoms with E-state index >= 15 is 0 Å². The average molecular weight is 618 g/mol. The summed E-state index contributed by atoms with van der Waals surface area (Å²) in [5.74, 6) is 0. The van der Waals surface area contributed by atoms with Crippen molar-refractivity contribution in [2.75, 3.05) is 4.90 Å². The van der Waals surface area contributed by atoms with E-state index in [1.165, 1.54) is 105 Å². The van der Waals surface area contributed by atoms with Gasteiger partial charge in [0.15, 0.2) is 0 Å². The van der Waals surface area contributed by atoms with E-state index in [1.54, 1.807) is 0 Å². The number of anilines is 3. The second kappa shape index (κ2) is 10.3. The molecule has 48 heavy (non-hydrogen) atoms. The van der Waals surface area contributed by atoms with Gasteiger partial charge in [0.2, 0.25) is 0 Å². The van der Waals surface area contributed by atoms with Crippen molar-refractivity contribution in [3.63, 3.8) is 0 Å². The Balaban J connectivity index is 1.38. The Morgan fingerprint density at radius 3 is 1.40 bits per heavy atom. The van der Waals surface area contributed by atoms with E-state index in [4.69, 9.17) is 0 Å². The highest BCUT2D eigenvalue weighted by atomic mass is 15.1. The predicted molar refractivity (Wildman–Crippen MR) is 208 cm³/mol. The number of fused-ring (bicyclic) bond motifs is 13. The van der Waals surface area contributed by atoms with Crippen LogP contribution in [0.3, 0.4) is 0 Å². The minimum atomic E-state index is -0.230. The second-order valence-corrected chi connectivity index (χ2v) is 14.4. The number of aryl methyl sites for hydroxylation is 4. The molecule has 0 fully saturated rings. The van der Waals surface area contributed by atoms with Crippen molar-refractivity contribution in [2.45, 2.75) is 47.0 Å². The van der Waals surface area contributed by atoms with Crippen LogP contribution >= 0.6 is 0 Å². The molecule has 0 amide bonds. The van der Waals surface area contributed by atoms with Crippen LogP contribution in [0.1, 0.15) is 47.2 Å². The summed E-state index contributed by atoms with van der Waals surface area (Å²) >= 11 is 0. The molecule has 1 heteroatoms. The van der Waals surface area contributed by atoms with E-state index in [9.17, 15) is 0 Å². The molecule has 1 aliphatic carbocycles. The summed E-state index contributed by atoms with van der Waals surface area (Å²) in [7, 11) is 0. The fourth-order valence-corrected chi connectivity index (χ4v) is 8.48. The van der Waals surface area contributed by atoms with Crippen LogP contribution in [0.15, 0.2) is 127 Å². The Morgan fingerprint density at radius 1 is 0.417 bits per heavy atom. The Labute approximate surface area is 283 Å². The molecule has 8 aromatic rings. The van der Waals surface area contributed by atoms with Crippen molar-refractivity contribution < 1.29 is 0 Å². The third-order valence-electron chi connectivity index (χ3n) is 11.2. The van der Waals surface area contributed by atoms with Crippen molar-refractivity contribution in [3.8, 4) is 11.1 Å². The molecule has 1 aliphatic rings. The summed E-state index contributed by atoms with van der Waals surface area (Å²) in [5.41, 5.74) is 14.1. The molecular weight excluding hydrogens is 579 g/mol. The number of rotatable bonds is 3. The van der Waals surface area contributed by atoms with Crippen LogP contribution in [0.4, 0.5) is 17.1 Å². The lowest BCUT2D eigenvalue weighted by molar-refractivity contribution is 0.667. The fraction of sp³-hybridized carbons (Fsp3) is 0.149. The molecule has 232 valence electrons. The predicted octanol–water partition coefficient (Wildman–Crippen LogP) is 13.3. The maximum Gasteiger partial charge on any atom is 0.0465 e. The molecule has 0 heterocycles. The molecule has 0 spiro atoms. The highest BCUT2D eigenvalue weighted by molar-refractivity contribution is 6.35. The molecule has 1 nitrogen and oxygen atoms in total. The Hall–Kier alpha value is -5.40. The van der Waals surface area contributed by atoms with Crippen molar-refractivity contribution in [1.29, 1.82) is 0 Å². The van der Waals surface area contributed by atoms with Crippen LogP contribution in [0.25, 0.3) is 54.2 Å². The molecule has 0 N–H and O–H groups in total. The zero-order chi connectivity index (χ0) is 32.9. The minimum Gasteiger partial charge on any atom is -0.310 e. The van der Waals surface area contributed by atoms with Gasteiger partial charge in [0.1, 0.15) is 0 Å². The number of hydrogen-bond acceptors (Lipinski definition) is 1. The first-order valence-corrected chi connectivity index (χ1v) is 17.1. The van der Waals surface area contributed by atoms with E-state index in [2.05, 4.69) is 174 Å². The lowest BCUT2D eigenvalue weighted by atomic mass is 9.77. The van der Waals surface area contributed by atoms with E-state index in [0.29, 0.717) is 0 Å². The Bertz CT molecular complexity index is 2590. The quantitative estimate of drug-likeness (QED) is 0.178. The highest BCUT2D eigenvalue weighted by Gasteiger charge is 2.40. The van der Waals surface area contributed by atoms with Crippen molar-refractivity contribution >= 4 is 60.2 Å². The number of benzene rings is 8. The Morgan fingerprint density at radius 2 is 0.854 bits per heavy atom. The maximum atomic E-state index is 2.48. The fourth-order valence-electron chi connectivity index (χ4n) is 8.48. The largest absolute Gasteiger partial charge is 0.310 e. The van der Waals surface area contributed by atoms with Gasteiger partial charge in [0.25, 0.3) is 0 Å². The zero-order valence-corrected chi connectivity index (χ0v) is 28.6. The van der Waals surface area contributed by atoms with E-state index < -0.39 is 0 Å². The molecule has 0 saturated heterocycles. The minimum absolute atomic E-state index is 0.230. The van der Waals surface area contributed by atoms with Crippen LogP contribution in [-0.2, 0) is 5.41 Å². The van der Waals surface area contributed by atoms with Gasteiger partial charge in [0.05, 0.1) is 0 Å². The molecule has 0 saturated carbocycles. The van der Waals surface area contributed by atoms with Gasteiger partial charge in [-0.05, 0) is 152 Å². The smallest absolute Gasteiger partial charge is 0.0465 e. The summed E-state index contributed by atoms with van der Waals surface area (Å²) in [4.78, 5) is 2.44. The summed E-state index contributed by atoms with van der Waals surface area (Å²) in [6, 6.07) is 48.0. The van der Waals surface area contributed by atoms with Gasteiger partial charge in [-0.2, -0.15) is 0 Å². The normalized spacial score (nSPS) is 13.4. The van der Waals surface area contributed by atoms with Gasteiger partial charge in [-0.1, -0.05) is 105 Å². The number of hydrogen-bond donors (Lipinski definition) is 0. The lowest BCUT2D eigenvalue weighted by Crippen LogP contribution is -2.17. The van der Waals surface area contributed by atoms with Gasteiger partial charge in [-0.3, -0.25) is 0 Å². The summed E-state index contributed by atoms with van der Waals surface area (Å²) in [6.07, 6.45) is 0. The molecule has 8 aromatic carbocycles. The molecule has 0 atom stereocenters. The van der Waals surface area contributed by atoms with Gasteiger partial charge in [-0.15, -0.1) is 0 Å². The average Bonchev–Trinajstić information content (AvgIpc) is 3.34. The van der Waals surface area contributed by atoms with Crippen molar-refractivity contribution in [2.24, 2.45) is 0 Å². The third-order valence-corrected chi connectivity index (χ3v) is 11.2. The Kier molecular flexibility index (Phi) is 6.18. The SMILES string of the molecule is Cc1ccc(N(c2ccc(C)c(C)c2)c2ccc3c(c2)C(C)(C)c2c-3c3ccccc3c3c4ccccc4c4ccccc4c23)cc1C. The van der Waals surface area contributed by atoms with E-state index in [1.807, 2.05) is 0 Å². The van der Waals surface area contributed by atoms with Gasteiger partial charge in [0, 0.05) is 22.5 Å². The van der Waals surface area contributed by atoms with Crippen molar-refractivity contribution in [3.05, 3.63) is 161 Å². The number of nitrogens with zero attached hydrogens (tertiary/aromatic N) is 1. The topological polar surface area (TPSA) is 3.24 Å². The van der Waals surface area contributed by atoms with Gasteiger partial charge >= 0.3 is 0 Å². The molecule has 9 rings (SSSR count). The second-order valence-electron chi connectivity index (χ2n) is 14.4. The first-order chi connectivity index (χ1) is 23.2. The third kappa shape index (κ3) is 3.97. The van der Waals surface area contributed by atoms with Crippen molar-refractivity contribution in [1.82, 2.24) is 0 Å². The van der Waals surface area contributed by atoms with Crippen LogP contribution in [-0.4, -0.2) is 0 Å². The lowest BCUT2D eigenvalue weighted by Gasteiger charge is -2.29. The first-order valence-electron chi connectivity index (χ1n) is 17.1. The standard InChI is InChI=1S/C47H39N/c1-28-19-21-32(25-30(28)3)48(33-22-20-29(2)31(4)26-33)34-23-24-41-42(27-34)47(5,6)46-44(41)40-18-12-11-17-39(40)43-37-15-9-7-13-35(37)36-14-8-10-16-38(36)45(43)46/h7-27H,1-6H3. The molecule has 0 aliphatic heterocycles. The molecule has 0 radical (unpaired) electrons. The molecule has 0 bridgehead atoms. The molecule has 0 unspecified atom stereocenters. The molecular formula is C47H39N.